The summed E-state index contributed by atoms with van der Waals surface area (Å²) < 4.78 is 8.92. The first-order valence-electron chi connectivity index (χ1n) is 18.7. The number of nitrogens with zero attached hydrogens (tertiary/aromatic N) is 3. The summed E-state index contributed by atoms with van der Waals surface area (Å²) in [5, 5.41) is 4.33. The van der Waals surface area contributed by atoms with E-state index < -0.39 is 0 Å². The highest BCUT2D eigenvalue weighted by molar-refractivity contribution is 7.26. The number of aromatic nitrogens is 3. The van der Waals surface area contributed by atoms with Gasteiger partial charge in [0.15, 0.2) is 17.5 Å². The Morgan fingerprint density at radius 1 is 0.321 bits per heavy atom. The molecule has 4 nitrogen and oxygen atoms in total. The van der Waals surface area contributed by atoms with E-state index in [1.165, 1.54) is 37.0 Å². The predicted octanol–water partition coefficient (Wildman–Crippen LogP) is 14.1. The van der Waals surface area contributed by atoms with Gasteiger partial charge in [-0.3, -0.25) is 0 Å². The van der Waals surface area contributed by atoms with Crippen molar-refractivity contribution in [3.8, 4) is 67.5 Å². The molecular weight excluding hydrogens is 703 g/mol. The molecule has 0 radical (unpaired) electrons. The van der Waals surface area contributed by atoms with Crippen molar-refractivity contribution in [2.75, 3.05) is 0 Å². The Morgan fingerprint density at radius 2 is 0.839 bits per heavy atom. The van der Waals surface area contributed by atoms with Gasteiger partial charge in [-0.15, -0.1) is 11.3 Å². The van der Waals surface area contributed by atoms with Gasteiger partial charge in [0.05, 0.1) is 0 Å². The molecule has 0 amide bonds. The van der Waals surface area contributed by atoms with E-state index in [4.69, 9.17) is 19.4 Å². The average Bonchev–Trinajstić information content (AvgIpc) is 3.85. The standard InChI is InChI=1S/C51H31N3OS/c1-4-13-32(14-5-1)35-19-10-20-36(29-35)38-25-27-43-41(30-38)47-39(21-11-23-44(47)55-43)50-52-49(34-17-8-3-9-18-34)53-51(54-50)40-22-12-24-46-48(40)42-31-37(26-28-45(42)56-46)33-15-6-2-7-16-33/h1-31H. The Hall–Kier alpha value is -7.21. The lowest BCUT2D eigenvalue weighted by atomic mass is 9.97. The molecule has 11 aromatic rings. The molecule has 3 heterocycles. The highest BCUT2D eigenvalue weighted by Gasteiger charge is 2.20. The summed E-state index contributed by atoms with van der Waals surface area (Å²) in [7, 11) is 0. The highest BCUT2D eigenvalue weighted by Crippen LogP contribution is 2.43. The third kappa shape index (κ3) is 5.56. The largest absolute Gasteiger partial charge is 0.456 e. The first-order valence-corrected chi connectivity index (χ1v) is 19.5. The van der Waals surface area contributed by atoms with Crippen molar-refractivity contribution in [3.63, 3.8) is 0 Å². The van der Waals surface area contributed by atoms with E-state index in [1.807, 2.05) is 36.4 Å². The summed E-state index contributed by atoms with van der Waals surface area (Å²) in [4.78, 5) is 15.7. The maximum atomic E-state index is 6.50. The van der Waals surface area contributed by atoms with Crippen LogP contribution in [0, 0.1) is 0 Å². The molecule has 3 aromatic heterocycles. The first-order chi connectivity index (χ1) is 27.7. The molecule has 262 valence electrons. The van der Waals surface area contributed by atoms with Crippen LogP contribution in [0.3, 0.4) is 0 Å². The number of hydrogen-bond donors (Lipinski definition) is 0. The zero-order valence-electron chi connectivity index (χ0n) is 30.1. The lowest BCUT2D eigenvalue weighted by molar-refractivity contribution is 0.669. The van der Waals surface area contributed by atoms with Crippen molar-refractivity contribution in [2.24, 2.45) is 0 Å². The van der Waals surface area contributed by atoms with E-state index in [-0.39, 0.29) is 0 Å². The zero-order chi connectivity index (χ0) is 37.0. The minimum absolute atomic E-state index is 0.597. The Morgan fingerprint density at radius 3 is 1.55 bits per heavy atom. The highest BCUT2D eigenvalue weighted by atomic mass is 32.1. The Bertz CT molecular complexity index is 3240. The lowest BCUT2D eigenvalue weighted by Gasteiger charge is -2.11. The van der Waals surface area contributed by atoms with Crippen LogP contribution in [-0.2, 0) is 0 Å². The van der Waals surface area contributed by atoms with E-state index in [0.717, 1.165) is 55.1 Å². The summed E-state index contributed by atoms with van der Waals surface area (Å²) in [5.41, 5.74) is 11.4. The van der Waals surface area contributed by atoms with Gasteiger partial charge in [0.25, 0.3) is 0 Å². The SMILES string of the molecule is c1ccc(-c2cccc(-c3ccc4oc5cccc(-c6nc(-c7ccccc7)nc(-c7cccc8sc9ccc(-c%10ccccc%10)cc9c78)n6)c5c4c3)c2)cc1. The van der Waals surface area contributed by atoms with Crippen LogP contribution >= 0.6 is 11.3 Å². The van der Waals surface area contributed by atoms with Gasteiger partial charge in [-0.1, -0.05) is 146 Å². The van der Waals surface area contributed by atoms with Gasteiger partial charge in [-0.05, 0) is 75.8 Å². The summed E-state index contributed by atoms with van der Waals surface area (Å²) in [6.07, 6.45) is 0. The first kappa shape index (κ1) is 32.2. The van der Waals surface area contributed by atoms with Gasteiger partial charge in [0.2, 0.25) is 0 Å². The molecule has 0 atom stereocenters. The molecule has 0 saturated carbocycles. The van der Waals surface area contributed by atoms with Crippen molar-refractivity contribution in [2.45, 2.75) is 0 Å². The molecule has 0 aliphatic rings. The summed E-state index contributed by atoms with van der Waals surface area (Å²) >= 11 is 1.80. The normalized spacial score (nSPS) is 11.6. The van der Waals surface area contributed by atoms with Crippen LogP contribution < -0.4 is 0 Å². The average molecular weight is 734 g/mol. The number of furan rings is 1. The van der Waals surface area contributed by atoms with Crippen molar-refractivity contribution < 1.29 is 4.42 Å². The fourth-order valence-electron chi connectivity index (χ4n) is 7.86. The maximum absolute atomic E-state index is 6.50. The molecule has 0 aliphatic heterocycles. The fraction of sp³-hybridized carbons (Fsp3) is 0. The van der Waals surface area contributed by atoms with Crippen molar-refractivity contribution >= 4 is 53.4 Å². The third-order valence-corrected chi connectivity index (χ3v) is 11.7. The minimum Gasteiger partial charge on any atom is -0.456 e. The molecule has 0 spiro atoms. The molecule has 5 heteroatoms. The predicted molar refractivity (Wildman–Crippen MR) is 233 cm³/mol. The second-order valence-corrected chi connectivity index (χ2v) is 15.1. The number of rotatable bonds is 6. The second kappa shape index (κ2) is 13.3. The monoisotopic (exact) mass is 733 g/mol. The van der Waals surface area contributed by atoms with Gasteiger partial charge in [-0.2, -0.15) is 0 Å². The lowest BCUT2D eigenvalue weighted by Crippen LogP contribution is -2.00. The molecule has 8 aromatic carbocycles. The van der Waals surface area contributed by atoms with E-state index >= 15 is 0 Å². The molecule has 0 saturated heterocycles. The molecule has 0 fully saturated rings. The van der Waals surface area contributed by atoms with Crippen molar-refractivity contribution in [1.29, 1.82) is 0 Å². The summed E-state index contributed by atoms with van der Waals surface area (Å²) in [6, 6.07) is 65.7. The van der Waals surface area contributed by atoms with Crippen LogP contribution in [0.2, 0.25) is 0 Å². The van der Waals surface area contributed by atoms with Crippen LogP contribution in [0.5, 0.6) is 0 Å². The van der Waals surface area contributed by atoms with Gasteiger partial charge in [0.1, 0.15) is 11.2 Å². The van der Waals surface area contributed by atoms with E-state index in [1.54, 1.807) is 11.3 Å². The Balaban J connectivity index is 1.12. The van der Waals surface area contributed by atoms with Crippen molar-refractivity contribution in [1.82, 2.24) is 15.0 Å². The van der Waals surface area contributed by atoms with Crippen LogP contribution in [-0.4, -0.2) is 15.0 Å². The molecule has 0 unspecified atom stereocenters. The molecule has 0 bridgehead atoms. The minimum atomic E-state index is 0.597. The molecule has 0 N–H and O–H groups in total. The van der Waals surface area contributed by atoms with E-state index in [9.17, 15) is 0 Å². The zero-order valence-corrected chi connectivity index (χ0v) is 30.9. The van der Waals surface area contributed by atoms with Crippen LogP contribution in [0.4, 0.5) is 0 Å². The molecule has 0 aliphatic carbocycles. The smallest absolute Gasteiger partial charge is 0.164 e. The topological polar surface area (TPSA) is 51.8 Å². The summed E-state index contributed by atoms with van der Waals surface area (Å²) in [6.45, 7) is 0. The Labute approximate surface area is 327 Å². The van der Waals surface area contributed by atoms with Crippen LogP contribution in [0.15, 0.2) is 192 Å². The Kier molecular flexibility index (Phi) is 7.64. The second-order valence-electron chi connectivity index (χ2n) is 14.0. The number of fused-ring (bicyclic) bond motifs is 6. The molecule has 56 heavy (non-hydrogen) atoms. The van der Waals surface area contributed by atoms with Gasteiger partial charge in [0, 0.05) is 47.6 Å². The number of benzene rings is 8. The molecule has 11 rings (SSSR count). The van der Waals surface area contributed by atoms with Crippen molar-refractivity contribution in [3.05, 3.63) is 188 Å². The van der Waals surface area contributed by atoms with Crippen LogP contribution in [0.25, 0.3) is 110 Å². The quantitative estimate of drug-likeness (QED) is 0.171. The van der Waals surface area contributed by atoms with Gasteiger partial charge >= 0.3 is 0 Å². The molecular formula is C51H31N3OS. The van der Waals surface area contributed by atoms with E-state index in [0.29, 0.717) is 17.5 Å². The third-order valence-electron chi connectivity index (χ3n) is 10.5. The van der Waals surface area contributed by atoms with Gasteiger partial charge < -0.3 is 4.42 Å². The fourth-order valence-corrected chi connectivity index (χ4v) is 8.97. The van der Waals surface area contributed by atoms with Crippen LogP contribution in [0.1, 0.15) is 0 Å². The maximum Gasteiger partial charge on any atom is 0.164 e. The summed E-state index contributed by atoms with van der Waals surface area (Å²) in [5.74, 6) is 1.85. The number of hydrogen-bond acceptors (Lipinski definition) is 5. The van der Waals surface area contributed by atoms with E-state index in [2.05, 4.69) is 152 Å². The van der Waals surface area contributed by atoms with Gasteiger partial charge in [-0.25, -0.2) is 15.0 Å². The number of thiophene rings is 1.